The molecule has 110 valence electrons. The van der Waals surface area contributed by atoms with Crippen LogP contribution in [-0.4, -0.2) is 19.2 Å². The van der Waals surface area contributed by atoms with Crippen molar-refractivity contribution in [3.05, 3.63) is 48.3 Å². The SMILES string of the molecule is Fc1ccc(SCCCOc2ccc3c(c2)OCO3)cc1. The number of halogens is 1. The molecule has 21 heavy (non-hydrogen) atoms. The van der Waals surface area contributed by atoms with Crippen molar-refractivity contribution in [1.29, 1.82) is 0 Å². The fourth-order valence-electron chi connectivity index (χ4n) is 1.94. The predicted molar refractivity (Wildman–Crippen MR) is 79.8 cm³/mol. The van der Waals surface area contributed by atoms with E-state index in [1.54, 1.807) is 23.9 Å². The van der Waals surface area contributed by atoms with E-state index in [2.05, 4.69) is 0 Å². The molecule has 0 bridgehead atoms. The minimum absolute atomic E-state index is 0.203. The molecule has 0 amide bonds. The Morgan fingerprint density at radius 3 is 2.71 bits per heavy atom. The van der Waals surface area contributed by atoms with Crippen LogP contribution >= 0.6 is 11.8 Å². The fraction of sp³-hybridized carbons (Fsp3) is 0.250. The van der Waals surface area contributed by atoms with Crippen LogP contribution in [0.25, 0.3) is 0 Å². The Morgan fingerprint density at radius 2 is 1.86 bits per heavy atom. The summed E-state index contributed by atoms with van der Waals surface area (Å²) in [6, 6.07) is 12.1. The monoisotopic (exact) mass is 306 g/mol. The highest BCUT2D eigenvalue weighted by Gasteiger charge is 2.13. The van der Waals surface area contributed by atoms with E-state index in [9.17, 15) is 4.39 Å². The van der Waals surface area contributed by atoms with Crippen LogP contribution in [0.5, 0.6) is 17.2 Å². The first kappa shape index (κ1) is 14.1. The van der Waals surface area contributed by atoms with E-state index < -0.39 is 0 Å². The Bertz CT molecular complexity index is 601. The number of thioether (sulfide) groups is 1. The molecule has 0 atom stereocenters. The highest BCUT2D eigenvalue weighted by Crippen LogP contribution is 2.35. The van der Waals surface area contributed by atoms with Crippen LogP contribution in [-0.2, 0) is 0 Å². The first-order chi connectivity index (χ1) is 10.3. The normalized spacial score (nSPS) is 12.4. The third-order valence-corrected chi connectivity index (χ3v) is 4.08. The van der Waals surface area contributed by atoms with E-state index in [1.807, 2.05) is 18.2 Å². The molecule has 0 N–H and O–H groups in total. The quantitative estimate of drug-likeness (QED) is 0.593. The van der Waals surface area contributed by atoms with E-state index in [-0.39, 0.29) is 12.6 Å². The summed E-state index contributed by atoms with van der Waals surface area (Å²) in [6.07, 6.45) is 0.913. The van der Waals surface area contributed by atoms with Crippen molar-refractivity contribution in [3.63, 3.8) is 0 Å². The van der Waals surface area contributed by atoms with Gasteiger partial charge in [0.25, 0.3) is 0 Å². The van der Waals surface area contributed by atoms with Gasteiger partial charge in [-0.15, -0.1) is 11.8 Å². The van der Waals surface area contributed by atoms with Crippen molar-refractivity contribution in [2.45, 2.75) is 11.3 Å². The van der Waals surface area contributed by atoms with E-state index in [0.717, 1.165) is 34.3 Å². The van der Waals surface area contributed by atoms with Crippen molar-refractivity contribution in [3.8, 4) is 17.2 Å². The summed E-state index contributed by atoms with van der Waals surface area (Å²) in [7, 11) is 0. The molecule has 0 fully saturated rings. The zero-order valence-electron chi connectivity index (χ0n) is 11.4. The molecule has 0 radical (unpaired) electrons. The molecule has 2 aromatic rings. The van der Waals surface area contributed by atoms with E-state index in [0.29, 0.717) is 6.61 Å². The number of hydrogen-bond acceptors (Lipinski definition) is 4. The van der Waals surface area contributed by atoms with Crippen molar-refractivity contribution < 1.29 is 18.6 Å². The van der Waals surface area contributed by atoms with Crippen LogP contribution in [0.3, 0.4) is 0 Å². The van der Waals surface area contributed by atoms with Crippen LogP contribution in [0.2, 0.25) is 0 Å². The highest BCUT2D eigenvalue weighted by molar-refractivity contribution is 7.99. The van der Waals surface area contributed by atoms with Crippen LogP contribution in [0.1, 0.15) is 6.42 Å². The van der Waals surface area contributed by atoms with Crippen molar-refractivity contribution in [2.75, 3.05) is 19.2 Å². The van der Waals surface area contributed by atoms with Gasteiger partial charge in [0.05, 0.1) is 6.61 Å². The molecule has 5 heteroatoms. The van der Waals surface area contributed by atoms with Crippen molar-refractivity contribution >= 4 is 11.8 Å². The van der Waals surface area contributed by atoms with E-state index in [4.69, 9.17) is 14.2 Å². The van der Waals surface area contributed by atoms with Gasteiger partial charge in [-0.3, -0.25) is 0 Å². The first-order valence-electron chi connectivity index (χ1n) is 6.72. The number of benzene rings is 2. The van der Waals surface area contributed by atoms with Crippen LogP contribution in [0, 0.1) is 5.82 Å². The largest absolute Gasteiger partial charge is 0.493 e. The average Bonchev–Trinajstić information content (AvgIpc) is 2.96. The molecule has 0 saturated heterocycles. The summed E-state index contributed by atoms with van der Waals surface area (Å²) in [6.45, 7) is 0.904. The summed E-state index contributed by atoms with van der Waals surface area (Å²) in [5.41, 5.74) is 0. The molecule has 0 saturated carbocycles. The molecule has 1 aliphatic heterocycles. The average molecular weight is 306 g/mol. The van der Waals surface area contributed by atoms with Crippen LogP contribution in [0.15, 0.2) is 47.4 Å². The second-order valence-electron chi connectivity index (χ2n) is 4.52. The molecular weight excluding hydrogens is 291 g/mol. The molecular formula is C16H15FO3S. The number of hydrogen-bond donors (Lipinski definition) is 0. The Morgan fingerprint density at radius 1 is 1.05 bits per heavy atom. The summed E-state index contributed by atoms with van der Waals surface area (Å²) in [5.74, 6) is 3.00. The predicted octanol–water partition coefficient (Wildman–Crippen LogP) is 4.12. The second kappa shape index (κ2) is 6.72. The van der Waals surface area contributed by atoms with Crippen molar-refractivity contribution in [2.24, 2.45) is 0 Å². The number of rotatable bonds is 6. The highest BCUT2D eigenvalue weighted by atomic mass is 32.2. The van der Waals surface area contributed by atoms with Gasteiger partial charge in [0.2, 0.25) is 6.79 Å². The van der Waals surface area contributed by atoms with Gasteiger partial charge in [-0.25, -0.2) is 4.39 Å². The molecule has 0 aliphatic carbocycles. The third kappa shape index (κ3) is 3.82. The van der Waals surface area contributed by atoms with Gasteiger partial charge in [0, 0.05) is 16.7 Å². The third-order valence-electron chi connectivity index (χ3n) is 2.98. The zero-order chi connectivity index (χ0) is 14.5. The first-order valence-corrected chi connectivity index (χ1v) is 7.71. The summed E-state index contributed by atoms with van der Waals surface area (Å²) < 4.78 is 29.0. The van der Waals surface area contributed by atoms with E-state index >= 15 is 0 Å². The maximum Gasteiger partial charge on any atom is 0.231 e. The lowest BCUT2D eigenvalue weighted by molar-refractivity contribution is 0.173. The Balaban J connectivity index is 1.39. The summed E-state index contributed by atoms with van der Waals surface area (Å²) in [5, 5.41) is 0. The maximum atomic E-state index is 12.8. The van der Waals surface area contributed by atoms with E-state index in [1.165, 1.54) is 12.1 Å². The molecule has 3 nitrogen and oxygen atoms in total. The lowest BCUT2D eigenvalue weighted by Crippen LogP contribution is -1.98. The van der Waals surface area contributed by atoms with Gasteiger partial charge in [0.15, 0.2) is 11.5 Å². The molecule has 0 spiro atoms. The van der Waals surface area contributed by atoms with Gasteiger partial charge >= 0.3 is 0 Å². The summed E-state index contributed by atoms with van der Waals surface area (Å²) >= 11 is 1.69. The van der Waals surface area contributed by atoms with Gasteiger partial charge in [-0.1, -0.05) is 0 Å². The Labute approximate surface area is 127 Å². The molecule has 3 rings (SSSR count). The standard InChI is InChI=1S/C16H15FO3S/c17-12-2-5-14(6-3-12)21-9-1-8-18-13-4-7-15-16(10-13)20-11-19-15/h2-7,10H,1,8-9,11H2. The Hall–Kier alpha value is -1.88. The number of fused-ring (bicyclic) bond motifs is 1. The molecule has 0 aromatic heterocycles. The molecule has 1 heterocycles. The maximum absolute atomic E-state index is 12.8. The molecule has 1 aliphatic rings. The fourth-order valence-corrected chi connectivity index (χ4v) is 2.76. The lowest BCUT2D eigenvalue weighted by atomic mass is 10.3. The zero-order valence-corrected chi connectivity index (χ0v) is 12.2. The van der Waals surface area contributed by atoms with Gasteiger partial charge in [-0.05, 0) is 42.8 Å². The van der Waals surface area contributed by atoms with Gasteiger partial charge < -0.3 is 14.2 Å². The van der Waals surface area contributed by atoms with Crippen molar-refractivity contribution in [1.82, 2.24) is 0 Å². The number of ether oxygens (including phenoxy) is 3. The topological polar surface area (TPSA) is 27.7 Å². The summed E-state index contributed by atoms with van der Waals surface area (Å²) in [4.78, 5) is 1.07. The lowest BCUT2D eigenvalue weighted by Gasteiger charge is -2.07. The Kier molecular flexibility index (Phi) is 4.50. The smallest absolute Gasteiger partial charge is 0.231 e. The van der Waals surface area contributed by atoms with Gasteiger partial charge in [-0.2, -0.15) is 0 Å². The minimum Gasteiger partial charge on any atom is -0.493 e. The van der Waals surface area contributed by atoms with Crippen LogP contribution < -0.4 is 14.2 Å². The molecule has 0 unspecified atom stereocenters. The van der Waals surface area contributed by atoms with Gasteiger partial charge in [0.1, 0.15) is 11.6 Å². The van der Waals surface area contributed by atoms with Crippen LogP contribution in [0.4, 0.5) is 4.39 Å². The molecule has 2 aromatic carbocycles. The minimum atomic E-state index is -0.203. The second-order valence-corrected chi connectivity index (χ2v) is 5.69.